The molecule has 0 aromatic heterocycles. The van der Waals surface area contributed by atoms with Crippen LogP contribution >= 0.6 is 35.6 Å². The van der Waals surface area contributed by atoms with E-state index in [4.69, 9.17) is 28.9 Å². The van der Waals surface area contributed by atoms with Crippen LogP contribution in [0.3, 0.4) is 0 Å². The molecule has 21 heavy (non-hydrogen) atoms. The number of benzene rings is 1. The number of nitrogens with two attached hydrogens (primary N) is 1. The largest absolute Gasteiger partial charge is 0.354 e. The molecule has 1 atom stereocenters. The van der Waals surface area contributed by atoms with Crippen molar-refractivity contribution in [3.63, 3.8) is 0 Å². The lowest BCUT2D eigenvalue weighted by Gasteiger charge is -2.33. The third kappa shape index (κ3) is 5.03. The van der Waals surface area contributed by atoms with Gasteiger partial charge in [0.25, 0.3) is 0 Å². The second-order valence-corrected chi connectivity index (χ2v) is 5.94. The Hall–Kier alpha value is -0.480. The van der Waals surface area contributed by atoms with Crippen molar-refractivity contribution in [2.75, 3.05) is 6.54 Å². The van der Waals surface area contributed by atoms with Gasteiger partial charge >= 0.3 is 0 Å². The molecule has 6 heteroatoms. The minimum atomic E-state index is -0.504. The predicted molar refractivity (Wildman–Crippen MR) is 92.6 cm³/mol. The molecule has 1 aromatic carbocycles. The van der Waals surface area contributed by atoms with Crippen LogP contribution < -0.4 is 11.1 Å². The molecule has 3 nitrogen and oxygen atoms in total. The predicted octanol–water partition coefficient (Wildman–Crippen LogP) is 3.94. The summed E-state index contributed by atoms with van der Waals surface area (Å²) in [6.45, 7) is 6.42. The van der Waals surface area contributed by atoms with E-state index in [1.807, 2.05) is 12.1 Å². The van der Waals surface area contributed by atoms with Gasteiger partial charge in [-0.3, -0.25) is 4.79 Å². The van der Waals surface area contributed by atoms with Crippen LogP contribution in [0.15, 0.2) is 18.2 Å². The lowest BCUT2D eigenvalue weighted by molar-refractivity contribution is -0.122. The van der Waals surface area contributed by atoms with Gasteiger partial charge in [0.15, 0.2) is 0 Å². The molecule has 1 rings (SSSR count). The molecule has 1 aromatic rings. The van der Waals surface area contributed by atoms with Crippen molar-refractivity contribution in [1.29, 1.82) is 0 Å². The molecule has 0 spiro atoms. The van der Waals surface area contributed by atoms with Gasteiger partial charge in [0.2, 0.25) is 5.91 Å². The Morgan fingerprint density at radius 1 is 1.29 bits per heavy atom. The highest BCUT2D eigenvalue weighted by atomic mass is 35.5. The smallest absolute Gasteiger partial charge is 0.236 e. The fourth-order valence-electron chi connectivity index (χ4n) is 2.25. The van der Waals surface area contributed by atoms with E-state index >= 15 is 0 Å². The minimum Gasteiger partial charge on any atom is -0.354 e. The van der Waals surface area contributed by atoms with Gasteiger partial charge in [0.05, 0.1) is 16.1 Å². The van der Waals surface area contributed by atoms with Crippen LogP contribution in [0.2, 0.25) is 10.0 Å². The van der Waals surface area contributed by atoms with E-state index in [0.717, 1.165) is 18.4 Å². The molecule has 0 radical (unpaired) electrons. The van der Waals surface area contributed by atoms with Crippen LogP contribution in [-0.2, 0) is 10.2 Å². The van der Waals surface area contributed by atoms with Gasteiger partial charge < -0.3 is 11.1 Å². The van der Waals surface area contributed by atoms with E-state index in [-0.39, 0.29) is 23.7 Å². The minimum absolute atomic E-state index is 0. The molecule has 120 valence electrons. The van der Waals surface area contributed by atoms with Crippen molar-refractivity contribution < 1.29 is 4.79 Å². The summed E-state index contributed by atoms with van der Waals surface area (Å²) in [5.74, 6) is -0.142. The maximum absolute atomic E-state index is 11.7. The monoisotopic (exact) mass is 352 g/mol. The molecule has 0 saturated heterocycles. The normalized spacial score (nSPS) is 12.5. The molecule has 1 amide bonds. The Bertz CT molecular complexity index is 474. The number of rotatable bonds is 6. The van der Waals surface area contributed by atoms with Gasteiger partial charge in [-0.15, -0.1) is 12.4 Å². The van der Waals surface area contributed by atoms with Gasteiger partial charge in [-0.2, -0.15) is 0 Å². The number of hydrogen-bond acceptors (Lipinski definition) is 2. The highest BCUT2D eigenvalue weighted by Crippen LogP contribution is 2.34. The van der Waals surface area contributed by atoms with Crippen LogP contribution in [0, 0.1) is 0 Å². The number of hydrogen-bond donors (Lipinski definition) is 2. The van der Waals surface area contributed by atoms with Gasteiger partial charge in [0, 0.05) is 12.0 Å². The molecule has 0 heterocycles. The zero-order valence-corrected chi connectivity index (χ0v) is 14.9. The molecular formula is C15H23Cl3N2O. The Morgan fingerprint density at radius 3 is 2.29 bits per heavy atom. The third-order valence-electron chi connectivity index (χ3n) is 3.90. The molecule has 0 fully saturated rings. The fourth-order valence-corrected chi connectivity index (χ4v) is 2.55. The average molecular weight is 354 g/mol. The van der Waals surface area contributed by atoms with Crippen LogP contribution in [0.4, 0.5) is 0 Å². The molecule has 3 N–H and O–H groups in total. The topological polar surface area (TPSA) is 55.1 Å². The first-order valence-electron chi connectivity index (χ1n) is 6.85. The standard InChI is InChI=1S/C15H22Cl2N2O.ClH/c1-4-15(5-2,9-19-14(20)10(3)18)11-6-7-12(16)13(17)8-11;/h6-8,10H,4-5,9,18H2,1-3H3,(H,19,20);1H/t10-;/m1./s1. The zero-order chi connectivity index (χ0) is 15.3. The molecule has 0 aliphatic carbocycles. The summed E-state index contributed by atoms with van der Waals surface area (Å²) in [6.07, 6.45) is 1.78. The van der Waals surface area contributed by atoms with Crippen LogP contribution in [0.25, 0.3) is 0 Å². The van der Waals surface area contributed by atoms with Crippen molar-refractivity contribution in [2.24, 2.45) is 5.73 Å². The molecule has 0 saturated carbocycles. The Labute approximate surface area is 143 Å². The van der Waals surface area contributed by atoms with Crippen molar-refractivity contribution in [3.8, 4) is 0 Å². The lowest BCUT2D eigenvalue weighted by Crippen LogP contribution is -2.45. The molecule has 0 aliphatic heterocycles. The van der Waals surface area contributed by atoms with Crippen molar-refractivity contribution in [3.05, 3.63) is 33.8 Å². The van der Waals surface area contributed by atoms with Gasteiger partial charge in [-0.1, -0.05) is 43.1 Å². The van der Waals surface area contributed by atoms with E-state index in [0.29, 0.717) is 16.6 Å². The summed E-state index contributed by atoms with van der Waals surface area (Å²) >= 11 is 12.1. The average Bonchev–Trinajstić information content (AvgIpc) is 2.43. The highest BCUT2D eigenvalue weighted by Gasteiger charge is 2.29. The number of amides is 1. The fraction of sp³-hybridized carbons (Fsp3) is 0.533. The van der Waals surface area contributed by atoms with E-state index in [1.165, 1.54) is 0 Å². The van der Waals surface area contributed by atoms with E-state index in [2.05, 4.69) is 19.2 Å². The van der Waals surface area contributed by atoms with Crippen LogP contribution in [0.1, 0.15) is 39.2 Å². The summed E-state index contributed by atoms with van der Waals surface area (Å²) in [5, 5.41) is 3.99. The van der Waals surface area contributed by atoms with Crippen LogP contribution in [0.5, 0.6) is 0 Å². The van der Waals surface area contributed by atoms with Gasteiger partial charge in [-0.05, 0) is 37.5 Å². The summed E-state index contributed by atoms with van der Waals surface area (Å²) in [6, 6.07) is 5.15. The molecule has 0 unspecified atom stereocenters. The summed E-state index contributed by atoms with van der Waals surface area (Å²) in [5.41, 5.74) is 6.51. The maximum atomic E-state index is 11.7. The van der Waals surface area contributed by atoms with E-state index < -0.39 is 6.04 Å². The first-order chi connectivity index (χ1) is 9.36. The van der Waals surface area contributed by atoms with Crippen molar-refractivity contribution in [1.82, 2.24) is 5.32 Å². The van der Waals surface area contributed by atoms with Crippen molar-refractivity contribution >= 4 is 41.5 Å². The number of carbonyl (C=O) groups is 1. The lowest BCUT2D eigenvalue weighted by atomic mass is 9.75. The molecule has 0 aliphatic rings. The van der Waals surface area contributed by atoms with Crippen LogP contribution in [-0.4, -0.2) is 18.5 Å². The maximum Gasteiger partial charge on any atom is 0.236 e. The zero-order valence-electron chi connectivity index (χ0n) is 12.6. The molecular weight excluding hydrogens is 331 g/mol. The first-order valence-corrected chi connectivity index (χ1v) is 7.60. The van der Waals surface area contributed by atoms with E-state index in [1.54, 1.807) is 13.0 Å². The third-order valence-corrected chi connectivity index (χ3v) is 4.64. The second kappa shape index (κ2) is 8.84. The Morgan fingerprint density at radius 2 is 1.86 bits per heavy atom. The Balaban J connectivity index is 0.00000400. The molecule has 0 bridgehead atoms. The number of carbonyl (C=O) groups excluding carboxylic acids is 1. The first kappa shape index (κ1) is 20.5. The number of halogens is 3. The van der Waals surface area contributed by atoms with E-state index in [9.17, 15) is 4.79 Å². The van der Waals surface area contributed by atoms with Gasteiger partial charge in [-0.25, -0.2) is 0 Å². The summed E-state index contributed by atoms with van der Waals surface area (Å²) in [4.78, 5) is 11.7. The van der Waals surface area contributed by atoms with Crippen molar-refractivity contribution in [2.45, 2.75) is 45.1 Å². The SMILES string of the molecule is CCC(CC)(CNC(=O)[C@@H](C)N)c1ccc(Cl)c(Cl)c1.Cl. The number of nitrogens with one attached hydrogen (secondary N) is 1. The summed E-state index contributed by atoms with van der Waals surface area (Å²) in [7, 11) is 0. The summed E-state index contributed by atoms with van der Waals surface area (Å²) < 4.78 is 0. The highest BCUT2D eigenvalue weighted by molar-refractivity contribution is 6.42. The Kier molecular flexibility index (Phi) is 8.64. The second-order valence-electron chi connectivity index (χ2n) is 5.12. The van der Waals surface area contributed by atoms with Gasteiger partial charge in [0.1, 0.15) is 0 Å². The quantitative estimate of drug-likeness (QED) is 0.814.